The molecule has 0 amide bonds. The zero-order chi connectivity index (χ0) is 12.1. The number of thioether (sulfide) groups is 1. The first-order valence-electron chi connectivity index (χ1n) is 4.94. The van der Waals surface area contributed by atoms with Crippen LogP contribution >= 0.6 is 23.1 Å². The molecule has 1 unspecified atom stereocenters. The van der Waals surface area contributed by atoms with Crippen molar-refractivity contribution >= 4 is 28.2 Å². The number of hydrogen-bond acceptors (Lipinski definition) is 7. The fourth-order valence-electron chi connectivity index (χ4n) is 1.08. The van der Waals surface area contributed by atoms with Gasteiger partial charge in [0.2, 0.25) is 5.13 Å². The minimum Gasteiger partial charge on any atom is -0.467 e. The molecule has 0 fully saturated rings. The lowest BCUT2D eigenvalue weighted by Crippen LogP contribution is -1.96. The Balaban J connectivity index is 1.88. The van der Waals surface area contributed by atoms with Gasteiger partial charge in [-0.3, -0.25) is 0 Å². The highest BCUT2D eigenvalue weighted by atomic mass is 32.2. The number of rotatable bonds is 5. The van der Waals surface area contributed by atoms with Gasteiger partial charge in [-0.05, 0) is 19.1 Å². The number of anilines is 1. The molecule has 7 heteroatoms. The van der Waals surface area contributed by atoms with Crippen molar-refractivity contribution in [2.45, 2.75) is 23.1 Å². The number of nitrogens with one attached hydrogen (secondary N) is 1. The summed E-state index contributed by atoms with van der Waals surface area (Å²) in [5.74, 6) is 0.847. The maximum atomic E-state index is 8.69. The zero-order valence-electron chi connectivity index (χ0n) is 9.08. The van der Waals surface area contributed by atoms with Crippen LogP contribution in [0, 0.1) is 11.3 Å². The first-order valence-corrected chi connectivity index (χ1v) is 6.63. The number of furan rings is 1. The Morgan fingerprint density at radius 1 is 1.65 bits per heavy atom. The second kappa shape index (κ2) is 5.70. The van der Waals surface area contributed by atoms with E-state index in [1.54, 1.807) is 6.26 Å². The summed E-state index contributed by atoms with van der Waals surface area (Å²) in [5.41, 5.74) is 0. The molecule has 0 spiro atoms. The first-order chi connectivity index (χ1) is 8.28. The van der Waals surface area contributed by atoms with E-state index in [-0.39, 0.29) is 5.25 Å². The van der Waals surface area contributed by atoms with Gasteiger partial charge in [-0.25, -0.2) is 0 Å². The third-order valence-corrected chi connectivity index (χ3v) is 3.82. The van der Waals surface area contributed by atoms with Crippen LogP contribution in [-0.2, 0) is 6.54 Å². The van der Waals surface area contributed by atoms with Crippen LogP contribution in [0.2, 0.25) is 0 Å². The van der Waals surface area contributed by atoms with Crippen molar-refractivity contribution in [1.29, 1.82) is 5.26 Å². The van der Waals surface area contributed by atoms with Crippen LogP contribution in [0.15, 0.2) is 27.2 Å². The van der Waals surface area contributed by atoms with E-state index < -0.39 is 0 Å². The molecule has 0 aliphatic carbocycles. The van der Waals surface area contributed by atoms with Gasteiger partial charge in [0.15, 0.2) is 4.34 Å². The lowest BCUT2D eigenvalue weighted by molar-refractivity contribution is 0.518. The summed E-state index contributed by atoms with van der Waals surface area (Å²) < 4.78 is 5.98. The molecule has 1 atom stereocenters. The van der Waals surface area contributed by atoms with Crippen molar-refractivity contribution in [3.8, 4) is 6.07 Å². The first kappa shape index (κ1) is 12.0. The summed E-state index contributed by atoms with van der Waals surface area (Å²) in [5, 5.41) is 20.4. The van der Waals surface area contributed by atoms with Gasteiger partial charge in [-0.2, -0.15) is 5.26 Å². The van der Waals surface area contributed by atoms with Gasteiger partial charge in [0.25, 0.3) is 0 Å². The third-order valence-electron chi connectivity index (χ3n) is 1.86. The SMILES string of the molecule is CC(C#N)Sc1nnc(NCc2ccco2)s1. The van der Waals surface area contributed by atoms with Crippen LogP contribution < -0.4 is 5.32 Å². The largest absolute Gasteiger partial charge is 0.467 e. The van der Waals surface area contributed by atoms with E-state index in [1.807, 2.05) is 19.1 Å². The molecule has 2 heterocycles. The Hall–Kier alpha value is -1.52. The standard InChI is InChI=1S/C10H10N4OS2/c1-7(5-11)16-10-14-13-9(17-10)12-6-8-3-2-4-15-8/h2-4,7H,6H2,1H3,(H,12,13). The fourth-order valence-corrected chi connectivity index (χ4v) is 2.86. The maximum absolute atomic E-state index is 8.69. The zero-order valence-corrected chi connectivity index (χ0v) is 10.7. The van der Waals surface area contributed by atoms with Gasteiger partial charge in [-0.15, -0.1) is 10.2 Å². The second-order valence-electron chi connectivity index (χ2n) is 3.20. The van der Waals surface area contributed by atoms with Gasteiger partial charge < -0.3 is 9.73 Å². The van der Waals surface area contributed by atoms with Crippen molar-refractivity contribution in [3.63, 3.8) is 0 Å². The molecule has 5 nitrogen and oxygen atoms in total. The van der Waals surface area contributed by atoms with Gasteiger partial charge in [0.1, 0.15) is 5.76 Å². The Morgan fingerprint density at radius 2 is 2.53 bits per heavy atom. The molecule has 0 aliphatic rings. The molecule has 0 radical (unpaired) electrons. The normalized spacial score (nSPS) is 12.0. The maximum Gasteiger partial charge on any atom is 0.206 e. The number of nitriles is 1. The van der Waals surface area contributed by atoms with Crippen molar-refractivity contribution < 1.29 is 4.42 Å². The Bertz CT molecular complexity index is 503. The van der Waals surface area contributed by atoms with Crippen molar-refractivity contribution in [2.24, 2.45) is 0 Å². The van der Waals surface area contributed by atoms with Crippen LogP contribution in [0.25, 0.3) is 0 Å². The molecule has 0 saturated carbocycles. The highest BCUT2D eigenvalue weighted by molar-refractivity contribution is 8.01. The van der Waals surface area contributed by atoms with Gasteiger partial charge in [-0.1, -0.05) is 23.1 Å². The summed E-state index contributed by atoms with van der Waals surface area (Å²) in [7, 11) is 0. The van der Waals surface area contributed by atoms with Crippen LogP contribution in [0.5, 0.6) is 0 Å². The quantitative estimate of drug-likeness (QED) is 0.839. The molecule has 88 valence electrons. The summed E-state index contributed by atoms with van der Waals surface area (Å²) in [4.78, 5) is 0. The molecule has 2 rings (SSSR count). The highest BCUT2D eigenvalue weighted by Gasteiger charge is 2.09. The molecular weight excluding hydrogens is 256 g/mol. The van der Waals surface area contributed by atoms with Crippen molar-refractivity contribution in [1.82, 2.24) is 10.2 Å². The Kier molecular flexibility index (Phi) is 4.01. The van der Waals surface area contributed by atoms with Gasteiger partial charge in [0.05, 0.1) is 24.1 Å². The summed E-state index contributed by atoms with van der Waals surface area (Å²) in [6.07, 6.45) is 1.63. The van der Waals surface area contributed by atoms with Gasteiger partial charge >= 0.3 is 0 Å². The van der Waals surface area contributed by atoms with Crippen molar-refractivity contribution in [2.75, 3.05) is 5.32 Å². The molecular formula is C10H10N4OS2. The Morgan fingerprint density at radius 3 is 3.24 bits per heavy atom. The third kappa shape index (κ3) is 3.47. The van der Waals surface area contributed by atoms with E-state index in [2.05, 4.69) is 21.6 Å². The predicted molar refractivity (Wildman–Crippen MR) is 66.9 cm³/mol. The van der Waals surface area contributed by atoms with Crippen LogP contribution in [-0.4, -0.2) is 15.4 Å². The molecule has 17 heavy (non-hydrogen) atoms. The average molecular weight is 266 g/mol. The number of hydrogen-bond donors (Lipinski definition) is 1. The summed E-state index contributed by atoms with van der Waals surface area (Å²) >= 11 is 2.84. The Labute approximate surface area is 107 Å². The molecule has 0 saturated heterocycles. The summed E-state index contributed by atoms with van der Waals surface area (Å²) in [6.45, 7) is 2.42. The monoisotopic (exact) mass is 266 g/mol. The van der Waals surface area contributed by atoms with E-state index in [1.165, 1.54) is 23.1 Å². The van der Waals surface area contributed by atoms with E-state index in [0.29, 0.717) is 6.54 Å². The minimum absolute atomic E-state index is 0.110. The average Bonchev–Trinajstić information content (AvgIpc) is 2.97. The van der Waals surface area contributed by atoms with Crippen molar-refractivity contribution in [3.05, 3.63) is 24.2 Å². The molecule has 0 bridgehead atoms. The second-order valence-corrected chi connectivity index (χ2v) is 5.76. The molecule has 0 aliphatic heterocycles. The predicted octanol–water partition coefficient (Wildman–Crippen LogP) is 2.75. The molecule has 2 aromatic rings. The van der Waals surface area contributed by atoms with E-state index in [4.69, 9.17) is 9.68 Å². The van der Waals surface area contributed by atoms with Gasteiger partial charge in [0, 0.05) is 0 Å². The lowest BCUT2D eigenvalue weighted by atomic mass is 10.4. The lowest BCUT2D eigenvalue weighted by Gasteiger charge is -1.97. The smallest absolute Gasteiger partial charge is 0.206 e. The van der Waals surface area contributed by atoms with Crippen LogP contribution in [0.1, 0.15) is 12.7 Å². The van der Waals surface area contributed by atoms with Crippen LogP contribution in [0.4, 0.5) is 5.13 Å². The van der Waals surface area contributed by atoms with E-state index >= 15 is 0 Å². The molecule has 0 aromatic carbocycles. The number of aromatic nitrogens is 2. The number of nitrogens with zero attached hydrogens (tertiary/aromatic N) is 3. The molecule has 2 aromatic heterocycles. The van der Waals surface area contributed by atoms with Crippen LogP contribution in [0.3, 0.4) is 0 Å². The summed E-state index contributed by atoms with van der Waals surface area (Å²) in [6, 6.07) is 5.87. The minimum atomic E-state index is -0.110. The molecule has 1 N–H and O–H groups in total. The van der Waals surface area contributed by atoms with E-state index in [0.717, 1.165) is 15.2 Å². The fraction of sp³-hybridized carbons (Fsp3) is 0.300. The highest BCUT2D eigenvalue weighted by Crippen LogP contribution is 2.28. The van der Waals surface area contributed by atoms with E-state index in [9.17, 15) is 0 Å². The topological polar surface area (TPSA) is 74.7 Å².